The van der Waals surface area contributed by atoms with Gasteiger partial charge in [-0.2, -0.15) is 0 Å². The van der Waals surface area contributed by atoms with Crippen LogP contribution in [0.2, 0.25) is 0 Å². The first-order chi connectivity index (χ1) is 12.5. The topological polar surface area (TPSA) is 81.2 Å². The Hall–Kier alpha value is -2.12. The summed E-state index contributed by atoms with van der Waals surface area (Å²) < 4.78 is 0. The summed E-state index contributed by atoms with van der Waals surface area (Å²) >= 11 is 0. The van der Waals surface area contributed by atoms with Crippen molar-refractivity contribution in [3.05, 3.63) is 0 Å². The highest BCUT2D eigenvalue weighted by Crippen LogP contribution is 2.25. The fourth-order valence-electron chi connectivity index (χ4n) is 4.01. The van der Waals surface area contributed by atoms with Crippen LogP contribution in [0, 0.1) is 5.92 Å². The molecule has 1 aliphatic carbocycles. The van der Waals surface area contributed by atoms with Gasteiger partial charge in [-0.25, -0.2) is 4.79 Å². The lowest BCUT2D eigenvalue weighted by Gasteiger charge is -2.38. The van der Waals surface area contributed by atoms with Crippen LogP contribution in [0.5, 0.6) is 0 Å². The highest BCUT2D eigenvalue weighted by molar-refractivity contribution is 5.97. The van der Waals surface area contributed by atoms with Crippen molar-refractivity contribution >= 4 is 23.8 Å². The molecule has 0 atom stereocenters. The third-order valence-electron chi connectivity index (χ3n) is 5.75. The molecule has 0 N–H and O–H groups in total. The molecular formula is C18H28N4O4. The van der Waals surface area contributed by atoms with Crippen LogP contribution < -0.4 is 0 Å². The highest BCUT2D eigenvalue weighted by Gasteiger charge is 2.33. The zero-order valence-corrected chi connectivity index (χ0v) is 15.5. The molecule has 2 aliphatic heterocycles. The van der Waals surface area contributed by atoms with Crippen molar-refractivity contribution in [3.8, 4) is 0 Å². The number of carbonyl (C=O) groups excluding carboxylic acids is 4. The van der Waals surface area contributed by atoms with E-state index in [1.54, 1.807) is 4.90 Å². The molecule has 0 unspecified atom stereocenters. The normalized spacial score (nSPS) is 22.8. The minimum Gasteiger partial charge on any atom is -0.339 e. The Kier molecular flexibility index (Phi) is 5.78. The molecule has 2 heterocycles. The standard InChI is InChI=1S/C18H28N4O4/c1-19-15(23)7-8-22(18(19)26)13-16(24)20-9-11-21(12-10-20)17(25)14-5-3-2-4-6-14/h14H,2-13H2,1H3. The Morgan fingerprint density at radius 2 is 1.54 bits per heavy atom. The third-order valence-corrected chi connectivity index (χ3v) is 5.75. The van der Waals surface area contributed by atoms with Gasteiger partial charge in [-0.3, -0.25) is 19.3 Å². The first-order valence-electron chi connectivity index (χ1n) is 9.59. The van der Waals surface area contributed by atoms with Gasteiger partial charge >= 0.3 is 6.03 Å². The second kappa shape index (κ2) is 8.05. The fourth-order valence-corrected chi connectivity index (χ4v) is 4.01. The van der Waals surface area contributed by atoms with Crippen LogP contribution >= 0.6 is 0 Å². The molecule has 3 aliphatic rings. The van der Waals surface area contributed by atoms with E-state index < -0.39 is 6.03 Å². The van der Waals surface area contributed by atoms with E-state index in [0.29, 0.717) is 26.2 Å². The average molecular weight is 364 g/mol. The summed E-state index contributed by atoms with van der Waals surface area (Å²) in [6.07, 6.45) is 5.72. The summed E-state index contributed by atoms with van der Waals surface area (Å²) in [6, 6.07) is -0.416. The number of nitrogens with zero attached hydrogens (tertiary/aromatic N) is 4. The monoisotopic (exact) mass is 364 g/mol. The summed E-state index contributed by atoms with van der Waals surface area (Å²) in [6.45, 7) is 2.42. The Balaban J connectivity index is 1.47. The molecule has 0 aromatic rings. The minimum atomic E-state index is -0.416. The molecule has 5 amide bonds. The van der Waals surface area contributed by atoms with Gasteiger partial charge in [-0.05, 0) is 12.8 Å². The molecule has 2 saturated heterocycles. The molecule has 0 radical (unpaired) electrons. The van der Waals surface area contributed by atoms with Gasteiger partial charge in [0.25, 0.3) is 0 Å². The van der Waals surface area contributed by atoms with Gasteiger partial charge in [-0.1, -0.05) is 19.3 Å². The van der Waals surface area contributed by atoms with Crippen molar-refractivity contribution in [1.82, 2.24) is 19.6 Å². The molecule has 0 aromatic heterocycles. The van der Waals surface area contributed by atoms with Gasteiger partial charge in [0.1, 0.15) is 6.54 Å². The lowest BCUT2D eigenvalue weighted by Crippen LogP contribution is -2.56. The van der Waals surface area contributed by atoms with Crippen molar-refractivity contribution in [1.29, 1.82) is 0 Å². The zero-order chi connectivity index (χ0) is 18.7. The molecule has 26 heavy (non-hydrogen) atoms. The van der Waals surface area contributed by atoms with Crippen molar-refractivity contribution in [2.75, 3.05) is 46.3 Å². The SMILES string of the molecule is CN1C(=O)CCN(CC(=O)N2CCN(C(=O)C3CCCCC3)CC2)C1=O. The summed E-state index contributed by atoms with van der Waals surface area (Å²) in [4.78, 5) is 54.8. The lowest BCUT2D eigenvalue weighted by atomic mass is 9.88. The molecular weight excluding hydrogens is 336 g/mol. The summed E-state index contributed by atoms with van der Waals surface area (Å²) in [5.41, 5.74) is 0. The summed E-state index contributed by atoms with van der Waals surface area (Å²) in [5.74, 6) is 0.0626. The molecule has 8 nitrogen and oxygen atoms in total. The first-order valence-corrected chi connectivity index (χ1v) is 9.59. The van der Waals surface area contributed by atoms with Crippen molar-refractivity contribution in [2.24, 2.45) is 5.92 Å². The molecule has 3 rings (SSSR count). The smallest absolute Gasteiger partial charge is 0.326 e. The fraction of sp³-hybridized carbons (Fsp3) is 0.778. The number of piperazine rings is 1. The van der Waals surface area contributed by atoms with Gasteiger partial charge in [0.05, 0.1) is 0 Å². The van der Waals surface area contributed by atoms with E-state index in [2.05, 4.69) is 0 Å². The van der Waals surface area contributed by atoms with E-state index in [0.717, 1.165) is 30.6 Å². The molecule has 0 bridgehead atoms. The van der Waals surface area contributed by atoms with Gasteiger partial charge in [0.2, 0.25) is 17.7 Å². The van der Waals surface area contributed by atoms with Crippen LogP contribution in [0.15, 0.2) is 0 Å². The molecule has 1 saturated carbocycles. The Labute approximate surface area is 154 Å². The van der Waals surface area contributed by atoms with Gasteiger partial charge in [0, 0.05) is 52.1 Å². The molecule has 8 heteroatoms. The lowest BCUT2D eigenvalue weighted by molar-refractivity contribution is -0.143. The van der Waals surface area contributed by atoms with E-state index in [1.165, 1.54) is 18.4 Å². The third kappa shape index (κ3) is 3.99. The Bertz CT molecular complexity index is 580. The van der Waals surface area contributed by atoms with Crippen LogP contribution in [0.25, 0.3) is 0 Å². The second-order valence-electron chi connectivity index (χ2n) is 7.45. The van der Waals surface area contributed by atoms with Gasteiger partial charge < -0.3 is 14.7 Å². The Morgan fingerprint density at radius 3 is 2.19 bits per heavy atom. The maximum Gasteiger partial charge on any atom is 0.326 e. The van der Waals surface area contributed by atoms with E-state index in [-0.39, 0.29) is 43.1 Å². The van der Waals surface area contributed by atoms with Gasteiger partial charge in [0.15, 0.2) is 0 Å². The van der Waals surface area contributed by atoms with Crippen molar-refractivity contribution < 1.29 is 19.2 Å². The maximum atomic E-state index is 12.6. The maximum absolute atomic E-state index is 12.6. The molecule has 144 valence electrons. The van der Waals surface area contributed by atoms with Crippen molar-refractivity contribution in [2.45, 2.75) is 38.5 Å². The highest BCUT2D eigenvalue weighted by atomic mass is 16.2. The minimum absolute atomic E-state index is 0.00692. The van der Waals surface area contributed by atoms with Crippen LogP contribution in [0.1, 0.15) is 38.5 Å². The van der Waals surface area contributed by atoms with Crippen LogP contribution in [0.4, 0.5) is 4.79 Å². The van der Waals surface area contributed by atoms with E-state index in [1.807, 2.05) is 4.90 Å². The number of hydrogen-bond donors (Lipinski definition) is 0. The van der Waals surface area contributed by atoms with E-state index in [9.17, 15) is 19.2 Å². The first kappa shape index (κ1) is 18.7. The Morgan fingerprint density at radius 1 is 0.923 bits per heavy atom. The summed E-state index contributed by atoms with van der Waals surface area (Å²) in [5, 5.41) is 0. The van der Waals surface area contributed by atoms with Crippen LogP contribution in [-0.4, -0.2) is 89.7 Å². The number of urea groups is 1. The predicted molar refractivity (Wildman–Crippen MR) is 94.1 cm³/mol. The average Bonchev–Trinajstić information content (AvgIpc) is 2.68. The molecule has 0 spiro atoms. The summed E-state index contributed by atoms with van der Waals surface area (Å²) in [7, 11) is 1.44. The number of rotatable bonds is 3. The van der Waals surface area contributed by atoms with E-state index >= 15 is 0 Å². The number of amides is 5. The number of imide groups is 1. The predicted octanol–water partition coefficient (Wildman–Crippen LogP) is 0.522. The van der Waals surface area contributed by atoms with Gasteiger partial charge in [-0.15, -0.1) is 0 Å². The van der Waals surface area contributed by atoms with Crippen molar-refractivity contribution in [3.63, 3.8) is 0 Å². The second-order valence-corrected chi connectivity index (χ2v) is 7.45. The number of hydrogen-bond acceptors (Lipinski definition) is 4. The number of carbonyl (C=O) groups is 4. The molecule has 3 fully saturated rings. The quantitative estimate of drug-likeness (QED) is 0.731. The molecule has 0 aromatic carbocycles. The van der Waals surface area contributed by atoms with Crippen LogP contribution in [0.3, 0.4) is 0 Å². The van der Waals surface area contributed by atoms with Crippen LogP contribution in [-0.2, 0) is 14.4 Å². The van der Waals surface area contributed by atoms with E-state index in [4.69, 9.17) is 0 Å². The largest absolute Gasteiger partial charge is 0.339 e. The zero-order valence-electron chi connectivity index (χ0n) is 15.5.